The predicted molar refractivity (Wildman–Crippen MR) is 186 cm³/mol. The van der Waals surface area contributed by atoms with Crippen LogP contribution in [0.3, 0.4) is 0 Å². The normalized spacial score (nSPS) is 27.7. The van der Waals surface area contributed by atoms with Gasteiger partial charge in [-0.3, -0.25) is 29.5 Å². The fourth-order valence-electron chi connectivity index (χ4n) is 9.17. The van der Waals surface area contributed by atoms with Gasteiger partial charge in [0.05, 0.1) is 28.9 Å². The number of anilines is 1. The SMILES string of the molecule is CC(C)(C)N1C(=O)[C@H]2[C@H](CC=C3[C@H]2C[C@H]2C(=O)N(Nc4ccc(F)cc4)C(=O)[C@@]2(c2ccc(Cl)cc2)[C@H]3c2ccc3ccccc3c2O)C1=O. The van der Waals surface area contributed by atoms with E-state index in [1.807, 2.05) is 51.1 Å². The van der Waals surface area contributed by atoms with Crippen molar-refractivity contribution in [2.75, 3.05) is 5.43 Å². The molecule has 8 rings (SSSR count). The molecule has 0 bridgehead atoms. The third-order valence-electron chi connectivity index (χ3n) is 11.2. The zero-order valence-electron chi connectivity index (χ0n) is 27.7. The number of fused-ring (bicyclic) bond motifs is 5. The van der Waals surface area contributed by atoms with E-state index >= 15 is 4.79 Å². The van der Waals surface area contributed by atoms with Crippen molar-refractivity contribution >= 4 is 51.7 Å². The Kier molecular flexibility index (Phi) is 7.25. The summed E-state index contributed by atoms with van der Waals surface area (Å²) in [4.78, 5) is 59.5. The van der Waals surface area contributed by atoms with Gasteiger partial charge in [-0.1, -0.05) is 71.8 Å². The van der Waals surface area contributed by atoms with E-state index in [1.165, 1.54) is 29.2 Å². The summed E-state index contributed by atoms with van der Waals surface area (Å²) < 4.78 is 13.9. The maximum atomic E-state index is 15.3. The van der Waals surface area contributed by atoms with Crippen molar-refractivity contribution in [3.8, 4) is 5.75 Å². The molecule has 3 fully saturated rings. The zero-order chi connectivity index (χ0) is 35.3. The fourth-order valence-corrected chi connectivity index (χ4v) is 9.29. The molecular weight excluding hydrogens is 657 g/mol. The van der Waals surface area contributed by atoms with Gasteiger partial charge in [-0.05, 0) is 86.9 Å². The highest BCUT2D eigenvalue weighted by molar-refractivity contribution is 6.30. The summed E-state index contributed by atoms with van der Waals surface area (Å²) in [5.74, 6) is -5.93. The summed E-state index contributed by atoms with van der Waals surface area (Å²) in [6.07, 6.45) is 2.35. The summed E-state index contributed by atoms with van der Waals surface area (Å²) >= 11 is 6.37. The number of hydrazine groups is 1. The molecule has 0 unspecified atom stereocenters. The fraction of sp³-hybridized carbons (Fsp3) is 0.300. The standard InChI is InChI=1S/C40H35ClFN3O5/c1-39(2,3)44-35(47)28-19-18-27-30(32(28)37(44)49)20-31-36(48)45(43-25-15-13-24(42)14-16-25)38(50)40(31,22-9-11-23(41)12-10-22)33(27)29-17-8-21-6-4-5-7-26(21)34(29)46/h4-18,28,30-33,43,46H,19-20H2,1-3H3/t28-,30+,31-,32-,33+,40+/m0/s1. The minimum absolute atomic E-state index is 0.0285. The second-order valence-corrected chi connectivity index (χ2v) is 15.2. The first-order valence-corrected chi connectivity index (χ1v) is 17.2. The number of nitrogens with one attached hydrogen (secondary N) is 1. The van der Waals surface area contributed by atoms with Crippen LogP contribution in [0.15, 0.2) is 96.6 Å². The van der Waals surface area contributed by atoms with E-state index in [0.717, 1.165) is 16.0 Å². The lowest BCUT2D eigenvalue weighted by Gasteiger charge is -2.50. The first-order chi connectivity index (χ1) is 23.8. The number of phenolic OH excluding ortho intramolecular Hbond substituents is 1. The van der Waals surface area contributed by atoms with Crippen LogP contribution < -0.4 is 5.43 Å². The summed E-state index contributed by atoms with van der Waals surface area (Å²) in [5.41, 5.74) is 2.65. The average Bonchev–Trinajstić information content (AvgIpc) is 3.47. The molecule has 2 heterocycles. The van der Waals surface area contributed by atoms with E-state index < -0.39 is 58.2 Å². The maximum Gasteiger partial charge on any atom is 0.260 e. The van der Waals surface area contributed by atoms with Crippen molar-refractivity contribution < 1.29 is 28.7 Å². The second-order valence-electron chi connectivity index (χ2n) is 14.8. The number of hydrogen-bond donors (Lipinski definition) is 2. The highest BCUT2D eigenvalue weighted by atomic mass is 35.5. The molecule has 6 atom stereocenters. The van der Waals surface area contributed by atoms with Gasteiger partial charge in [0.2, 0.25) is 11.8 Å². The molecule has 2 aliphatic heterocycles. The average molecular weight is 692 g/mol. The third-order valence-corrected chi connectivity index (χ3v) is 11.4. The highest BCUT2D eigenvalue weighted by Gasteiger charge is 2.71. The summed E-state index contributed by atoms with van der Waals surface area (Å²) in [6.45, 7) is 5.49. The lowest BCUT2D eigenvalue weighted by molar-refractivity contribution is -0.146. The van der Waals surface area contributed by atoms with Crippen LogP contribution in [-0.2, 0) is 24.6 Å². The summed E-state index contributed by atoms with van der Waals surface area (Å²) in [6, 6.07) is 23.2. The number of halogens is 2. The number of likely N-dealkylation sites (tertiary alicyclic amines) is 1. The van der Waals surface area contributed by atoms with Crippen molar-refractivity contribution in [3.63, 3.8) is 0 Å². The molecule has 0 radical (unpaired) electrons. The molecule has 4 aromatic carbocycles. The molecule has 10 heteroatoms. The highest BCUT2D eigenvalue weighted by Crippen LogP contribution is 2.65. The van der Waals surface area contributed by atoms with Crippen LogP contribution in [0.4, 0.5) is 10.1 Å². The van der Waals surface area contributed by atoms with Crippen molar-refractivity contribution in [1.82, 2.24) is 9.91 Å². The van der Waals surface area contributed by atoms with Crippen LogP contribution in [0.25, 0.3) is 10.8 Å². The van der Waals surface area contributed by atoms with Crippen LogP contribution >= 0.6 is 11.6 Å². The molecule has 4 aliphatic rings. The van der Waals surface area contributed by atoms with Crippen LogP contribution in [0, 0.1) is 29.5 Å². The Balaban J connectivity index is 1.39. The van der Waals surface area contributed by atoms with Gasteiger partial charge in [-0.25, -0.2) is 4.39 Å². The molecule has 4 aromatic rings. The van der Waals surface area contributed by atoms with E-state index in [9.17, 15) is 23.9 Å². The van der Waals surface area contributed by atoms with Crippen molar-refractivity contribution in [2.45, 2.75) is 50.5 Å². The van der Waals surface area contributed by atoms with Crippen LogP contribution in [0.1, 0.15) is 50.7 Å². The monoisotopic (exact) mass is 691 g/mol. The molecule has 1 saturated carbocycles. The van der Waals surface area contributed by atoms with E-state index in [1.54, 1.807) is 36.4 Å². The first kappa shape index (κ1) is 32.2. The number of benzene rings is 4. The number of hydrogen-bond acceptors (Lipinski definition) is 6. The van der Waals surface area contributed by atoms with Gasteiger partial charge in [0.1, 0.15) is 11.6 Å². The Morgan fingerprint density at radius 3 is 2.26 bits per heavy atom. The summed E-state index contributed by atoms with van der Waals surface area (Å²) in [7, 11) is 0. The van der Waals surface area contributed by atoms with Crippen LogP contribution in [0.5, 0.6) is 5.75 Å². The van der Waals surface area contributed by atoms with E-state index in [-0.39, 0.29) is 30.4 Å². The number of phenols is 1. The van der Waals surface area contributed by atoms with Crippen LogP contribution in [0.2, 0.25) is 5.02 Å². The van der Waals surface area contributed by atoms with Gasteiger partial charge in [-0.2, -0.15) is 5.01 Å². The Labute approximate surface area is 293 Å². The molecule has 50 heavy (non-hydrogen) atoms. The van der Waals surface area contributed by atoms with Gasteiger partial charge < -0.3 is 5.11 Å². The largest absolute Gasteiger partial charge is 0.507 e. The van der Waals surface area contributed by atoms with Gasteiger partial charge >= 0.3 is 0 Å². The number of carbonyl (C=O) groups excluding carboxylic acids is 4. The van der Waals surface area contributed by atoms with Gasteiger partial charge in [0.25, 0.3) is 11.8 Å². The topological polar surface area (TPSA) is 107 Å². The second kappa shape index (κ2) is 11.3. The Morgan fingerprint density at radius 1 is 0.860 bits per heavy atom. The van der Waals surface area contributed by atoms with Gasteiger partial charge in [0, 0.05) is 27.4 Å². The zero-order valence-corrected chi connectivity index (χ0v) is 28.4. The molecule has 2 aliphatic carbocycles. The minimum Gasteiger partial charge on any atom is -0.507 e. The smallest absolute Gasteiger partial charge is 0.260 e. The number of imide groups is 2. The molecule has 2 saturated heterocycles. The third kappa shape index (κ3) is 4.48. The Hall–Kier alpha value is -5.02. The van der Waals surface area contributed by atoms with Crippen molar-refractivity contribution in [3.05, 3.63) is 119 Å². The van der Waals surface area contributed by atoms with E-state index in [4.69, 9.17) is 11.6 Å². The van der Waals surface area contributed by atoms with Gasteiger partial charge in [0.15, 0.2) is 0 Å². The first-order valence-electron chi connectivity index (χ1n) is 16.8. The van der Waals surface area contributed by atoms with E-state index in [2.05, 4.69) is 5.43 Å². The van der Waals surface area contributed by atoms with Gasteiger partial charge in [-0.15, -0.1) is 0 Å². The quantitative estimate of drug-likeness (QED) is 0.174. The Morgan fingerprint density at radius 2 is 1.56 bits per heavy atom. The lowest BCUT2D eigenvalue weighted by Crippen LogP contribution is -2.53. The molecule has 254 valence electrons. The number of carbonyl (C=O) groups is 4. The maximum absolute atomic E-state index is 15.3. The van der Waals surface area contributed by atoms with E-state index in [0.29, 0.717) is 27.2 Å². The van der Waals surface area contributed by atoms with Crippen molar-refractivity contribution in [2.24, 2.45) is 23.7 Å². The van der Waals surface area contributed by atoms with Crippen LogP contribution in [-0.4, -0.2) is 44.2 Å². The summed E-state index contributed by atoms with van der Waals surface area (Å²) in [5, 5.41) is 14.9. The minimum atomic E-state index is -1.58. The predicted octanol–water partition coefficient (Wildman–Crippen LogP) is 7.12. The lowest BCUT2D eigenvalue weighted by atomic mass is 9.49. The molecule has 4 amide bonds. The molecular formula is C40H35ClFN3O5. The molecule has 2 N–H and O–H groups in total. The molecule has 8 nitrogen and oxygen atoms in total. The number of rotatable bonds is 4. The number of allylic oxidation sites excluding steroid dienone is 2. The van der Waals surface area contributed by atoms with Crippen molar-refractivity contribution in [1.29, 1.82) is 0 Å². The number of aromatic hydroxyl groups is 1. The number of amides is 4. The number of nitrogens with zero attached hydrogens (tertiary/aromatic N) is 2. The molecule has 0 aromatic heterocycles. The Bertz CT molecular complexity index is 2140. The molecule has 0 spiro atoms.